The van der Waals surface area contributed by atoms with Crippen LogP contribution >= 0.6 is 11.6 Å². The van der Waals surface area contributed by atoms with Gasteiger partial charge in [0.15, 0.2) is 0 Å². The largest absolute Gasteiger partial charge is 0.397 e. The second-order valence-electron chi connectivity index (χ2n) is 4.80. The predicted molar refractivity (Wildman–Crippen MR) is 87.7 cm³/mol. The number of benzene rings is 2. The fourth-order valence-electron chi connectivity index (χ4n) is 2.03. The Morgan fingerprint density at radius 1 is 1.19 bits per heavy atom. The summed E-state index contributed by atoms with van der Waals surface area (Å²) >= 11 is 5.89. The summed E-state index contributed by atoms with van der Waals surface area (Å²) in [5.74, 6) is -0.141. The van der Waals surface area contributed by atoms with Gasteiger partial charge in [-0.3, -0.25) is 4.79 Å². The Kier molecular flexibility index (Phi) is 4.70. The van der Waals surface area contributed by atoms with E-state index in [-0.39, 0.29) is 11.9 Å². The molecule has 4 N–H and O–H groups in total. The molecule has 0 aliphatic carbocycles. The van der Waals surface area contributed by atoms with Gasteiger partial charge in [0, 0.05) is 23.7 Å². The number of nitrogen functional groups attached to an aromatic ring is 1. The molecule has 0 fully saturated rings. The highest BCUT2D eigenvalue weighted by Gasteiger charge is 2.10. The molecule has 0 saturated heterocycles. The van der Waals surface area contributed by atoms with Gasteiger partial charge in [-0.25, -0.2) is 0 Å². The highest BCUT2D eigenvalue weighted by Crippen LogP contribution is 2.26. The van der Waals surface area contributed by atoms with Crippen molar-refractivity contribution in [3.8, 4) is 0 Å². The Hall–Kier alpha value is -2.20. The summed E-state index contributed by atoms with van der Waals surface area (Å²) in [5, 5.41) is 6.62. The standard InChI is InChI=1S/C16H18ClN3O/c1-10(11-3-6-13(17)7-4-11)20-15-9-12(16(21)19-2)5-8-14(15)18/h3-10,20H,18H2,1-2H3,(H,19,21). The summed E-state index contributed by atoms with van der Waals surface area (Å²) in [5.41, 5.74) is 8.96. The van der Waals surface area contributed by atoms with Crippen molar-refractivity contribution in [2.24, 2.45) is 0 Å². The minimum Gasteiger partial charge on any atom is -0.397 e. The minimum absolute atomic E-state index is 0.0458. The minimum atomic E-state index is -0.141. The maximum atomic E-state index is 11.7. The van der Waals surface area contributed by atoms with E-state index in [1.165, 1.54) is 0 Å². The van der Waals surface area contributed by atoms with E-state index < -0.39 is 0 Å². The first-order valence-electron chi connectivity index (χ1n) is 6.65. The number of anilines is 2. The summed E-state index contributed by atoms with van der Waals surface area (Å²) in [6.07, 6.45) is 0. The van der Waals surface area contributed by atoms with E-state index in [1.54, 1.807) is 25.2 Å². The number of nitrogens with two attached hydrogens (primary N) is 1. The van der Waals surface area contributed by atoms with Crippen LogP contribution in [0.2, 0.25) is 5.02 Å². The number of carbonyl (C=O) groups excluding carboxylic acids is 1. The SMILES string of the molecule is CNC(=O)c1ccc(N)c(NC(C)c2ccc(Cl)cc2)c1. The van der Waals surface area contributed by atoms with Gasteiger partial charge in [-0.1, -0.05) is 23.7 Å². The van der Waals surface area contributed by atoms with Gasteiger partial charge in [0.25, 0.3) is 5.91 Å². The van der Waals surface area contributed by atoms with Crippen molar-refractivity contribution in [3.63, 3.8) is 0 Å². The quantitative estimate of drug-likeness (QED) is 0.758. The van der Waals surface area contributed by atoms with Gasteiger partial charge in [0.05, 0.1) is 11.4 Å². The van der Waals surface area contributed by atoms with Crippen LogP contribution in [0.25, 0.3) is 0 Å². The van der Waals surface area contributed by atoms with E-state index in [1.807, 2.05) is 31.2 Å². The summed E-state index contributed by atoms with van der Waals surface area (Å²) < 4.78 is 0. The van der Waals surface area contributed by atoms with Crippen LogP contribution in [0.5, 0.6) is 0 Å². The zero-order valence-corrected chi connectivity index (χ0v) is 12.7. The maximum absolute atomic E-state index is 11.7. The zero-order chi connectivity index (χ0) is 15.4. The monoisotopic (exact) mass is 303 g/mol. The van der Waals surface area contributed by atoms with Gasteiger partial charge < -0.3 is 16.4 Å². The molecular weight excluding hydrogens is 286 g/mol. The molecule has 0 spiro atoms. The van der Waals surface area contributed by atoms with Crippen LogP contribution in [-0.4, -0.2) is 13.0 Å². The van der Waals surface area contributed by atoms with E-state index >= 15 is 0 Å². The van der Waals surface area contributed by atoms with Gasteiger partial charge >= 0.3 is 0 Å². The first-order valence-corrected chi connectivity index (χ1v) is 7.02. The predicted octanol–water partition coefficient (Wildman–Crippen LogP) is 3.45. The highest BCUT2D eigenvalue weighted by atomic mass is 35.5. The first-order chi connectivity index (χ1) is 10.0. The lowest BCUT2D eigenvalue weighted by Crippen LogP contribution is -2.18. The van der Waals surface area contributed by atoms with Crippen molar-refractivity contribution in [1.29, 1.82) is 0 Å². The van der Waals surface area contributed by atoms with E-state index in [0.29, 0.717) is 16.3 Å². The first kappa shape index (κ1) is 15.2. The van der Waals surface area contributed by atoms with E-state index in [9.17, 15) is 4.79 Å². The Morgan fingerprint density at radius 3 is 2.48 bits per heavy atom. The van der Waals surface area contributed by atoms with Crippen molar-refractivity contribution < 1.29 is 4.79 Å². The molecule has 0 aromatic heterocycles. The van der Waals surface area contributed by atoms with E-state index in [4.69, 9.17) is 17.3 Å². The summed E-state index contributed by atoms with van der Waals surface area (Å²) in [4.78, 5) is 11.7. The Labute approximate surface area is 129 Å². The van der Waals surface area contributed by atoms with Crippen LogP contribution in [0.15, 0.2) is 42.5 Å². The molecule has 1 unspecified atom stereocenters. The molecule has 0 aliphatic heterocycles. The number of hydrogen-bond donors (Lipinski definition) is 3. The molecule has 2 aromatic carbocycles. The second kappa shape index (κ2) is 6.50. The molecular formula is C16H18ClN3O. The van der Waals surface area contributed by atoms with Crippen molar-refractivity contribution >= 4 is 28.9 Å². The highest BCUT2D eigenvalue weighted by molar-refractivity contribution is 6.30. The molecule has 0 radical (unpaired) electrons. The molecule has 0 bridgehead atoms. The number of halogens is 1. The molecule has 0 saturated carbocycles. The van der Waals surface area contributed by atoms with Crippen molar-refractivity contribution in [3.05, 3.63) is 58.6 Å². The number of rotatable bonds is 4. The number of carbonyl (C=O) groups is 1. The van der Waals surface area contributed by atoms with Gasteiger partial charge in [-0.2, -0.15) is 0 Å². The average Bonchev–Trinajstić information content (AvgIpc) is 2.49. The van der Waals surface area contributed by atoms with Crippen molar-refractivity contribution in [2.75, 3.05) is 18.1 Å². The summed E-state index contributed by atoms with van der Waals surface area (Å²) in [6, 6.07) is 12.8. The number of nitrogens with one attached hydrogen (secondary N) is 2. The smallest absolute Gasteiger partial charge is 0.251 e. The van der Waals surface area contributed by atoms with E-state index in [2.05, 4.69) is 10.6 Å². The molecule has 1 amide bonds. The zero-order valence-electron chi connectivity index (χ0n) is 12.0. The lowest BCUT2D eigenvalue weighted by Gasteiger charge is -2.18. The van der Waals surface area contributed by atoms with Crippen LogP contribution in [0.1, 0.15) is 28.9 Å². The average molecular weight is 304 g/mol. The molecule has 2 rings (SSSR count). The Morgan fingerprint density at radius 2 is 1.86 bits per heavy atom. The normalized spacial score (nSPS) is 11.8. The van der Waals surface area contributed by atoms with Crippen LogP contribution in [0.4, 0.5) is 11.4 Å². The summed E-state index contributed by atoms with van der Waals surface area (Å²) in [7, 11) is 1.60. The number of amides is 1. The molecule has 0 heterocycles. The lowest BCUT2D eigenvalue weighted by atomic mass is 10.1. The third-order valence-electron chi connectivity index (χ3n) is 3.28. The molecule has 0 aliphatic rings. The molecule has 21 heavy (non-hydrogen) atoms. The third-order valence-corrected chi connectivity index (χ3v) is 3.54. The molecule has 110 valence electrons. The summed E-state index contributed by atoms with van der Waals surface area (Å²) in [6.45, 7) is 2.02. The van der Waals surface area contributed by atoms with Crippen LogP contribution in [0, 0.1) is 0 Å². The molecule has 1 atom stereocenters. The van der Waals surface area contributed by atoms with Crippen LogP contribution in [0.3, 0.4) is 0 Å². The molecule has 2 aromatic rings. The van der Waals surface area contributed by atoms with Crippen molar-refractivity contribution in [2.45, 2.75) is 13.0 Å². The van der Waals surface area contributed by atoms with E-state index in [0.717, 1.165) is 11.3 Å². The van der Waals surface area contributed by atoms with Gasteiger partial charge in [0.2, 0.25) is 0 Å². The molecule has 4 nitrogen and oxygen atoms in total. The Balaban J connectivity index is 2.22. The van der Waals surface area contributed by atoms with Crippen LogP contribution < -0.4 is 16.4 Å². The van der Waals surface area contributed by atoms with Gasteiger partial charge in [0.1, 0.15) is 0 Å². The fourth-order valence-corrected chi connectivity index (χ4v) is 2.16. The van der Waals surface area contributed by atoms with Gasteiger partial charge in [-0.15, -0.1) is 0 Å². The maximum Gasteiger partial charge on any atom is 0.251 e. The fraction of sp³-hybridized carbons (Fsp3) is 0.188. The topological polar surface area (TPSA) is 67.2 Å². The molecule has 5 heteroatoms. The number of hydrogen-bond acceptors (Lipinski definition) is 3. The third kappa shape index (κ3) is 3.67. The van der Waals surface area contributed by atoms with Gasteiger partial charge in [-0.05, 0) is 42.8 Å². The van der Waals surface area contributed by atoms with Crippen molar-refractivity contribution in [1.82, 2.24) is 5.32 Å². The Bertz CT molecular complexity index is 640. The lowest BCUT2D eigenvalue weighted by molar-refractivity contribution is 0.0963. The van der Waals surface area contributed by atoms with Crippen LogP contribution in [-0.2, 0) is 0 Å². The second-order valence-corrected chi connectivity index (χ2v) is 5.24.